The van der Waals surface area contributed by atoms with Crippen LogP contribution in [0.4, 0.5) is 0 Å². The highest BCUT2D eigenvalue weighted by molar-refractivity contribution is 5.98. The molecule has 1 fully saturated rings. The predicted molar refractivity (Wildman–Crippen MR) is 75.9 cm³/mol. The Hall–Kier alpha value is -2.37. The van der Waals surface area contributed by atoms with Gasteiger partial charge >= 0.3 is 5.97 Å². The lowest BCUT2D eigenvalue weighted by atomic mass is 10.1. The van der Waals surface area contributed by atoms with Crippen molar-refractivity contribution in [2.24, 2.45) is 5.73 Å². The van der Waals surface area contributed by atoms with Gasteiger partial charge in [0.05, 0.1) is 0 Å². The van der Waals surface area contributed by atoms with Crippen molar-refractivity contribution in [2.75, 3.05) is 6.54 Å². The van der Waals surface area contributed by atoms with Gasteiger partial charge in [-0.15, -0.1) is 0 Å². The molecule has 0 radical (unpaired) electrons. The summed E-state index contributed by atoms with van der Waals surface area (Å²) in [4.78, 5) is 36.3. The lowest BCUT2D eigenvalue weighted by molar-refractivity contribution is -0.142. The van der Waals surface area contributed by atoms with Crippen LogP contribution in [-0.2, 0) is 4.79 Å². The largest absolute Gasteiger partial charge is 0.480 e. The molecule has 0 aliphatic carbocycles. The summed E-state index contributed by atoms with van der Waals surface area (Å²) < 4.78 is 0. The van der Waals surface area contributed by atoms with Gasteiger partial charge in [0.25, 0.3) is 5.91 Å². The van der Waals surface area contributed by atoms with E-state index in [9.17, 15) is 19.5 Å². The first kappa shape index (κ1) is 15.0. The quantitative estimate of drug-likeness (QED) is 0.874. The molecule has 1 aliphatic rings. The summed E-state index contributed by atoms with van der Waals surface area (Å²) in [5.41, 5.74) is 5.84. The van der Waals surface area contributed by atoms with Crippen molar-refractivity contribution in [3.63, 3.8) is 0 Å². The van der Waals surface area contributed by atoms with Gasteiger partial charge in [-0.05, 0) is 37.1 Å². The van der Waals surface area contributed by atoms with Gasteiger partial charge in [0.2, 0.25) is 5.91 Å². The predicted octanol–water partition coefficient (Wildman–Crippen LogP) is 1.25. The van der Waals surface area contributed by atoms with E-state index in [0.717, 1.165) is 19.3 Å². The molecule has 2 amide bonds. The molecule has 1 saturated heterocycles. The fourth-order valence-electron chi connectivity index (χ4n) is 2.55. The molecule has 21 heavy (non-hydrogen) atoms. The van der Waals surface area contributed by atoms with Gasteiger partial charge in [-0.3, -0.25) is 9.59 Å². The molecule has 0 saturated carbocycles. The van der Waals surface area contributed by atoms with Crippen LogP contribution in [0.25, 0.3) is 0 Å². The van der Waals surface area contributed by atoms with Crippen LogP contribution in [0.2, 0.25) is 0 Å². The van der Waals surface area contributed by atoms with E-state index in [1.165, 1.54) is 29.2 Å². The second-order valence-corrected chi connectivity index (χ2v) is 5.14. The van der Waals surface area contributed by atoms with Crippen LogP contribution in [0.5, 0.6) is 0 Å². The van der Waals surface area contributed by atoms with Crippen LogP contribution in [0.15, 0.2) is 24.3 Å². The van der Waals surface area contributed by atoms with Crippen LogP contribution in [0, 0.1) is 0 Å². The number of carboxylic acid groups (broad SMARTS) is 1. The zero-order chi connectivity index (χ0) is 15.4. The molecular formula is C15H18N2O4. The Bertz CT molecular complexity index is 553. The molecule has 1 unspecified atom stereocenters. The van der Waals surface area contributed by atoms with E-state index < -0.39 is 17.9 Å². The van der Waals surface area contributed by atoms with E-state index in [1.807, 2.05) is 0 Å². The van der Waals surface area contributed by atoms with Crippen molar-refractivity contribution >= 4 is 17.8 Å². The Morgan fingerprint density at radius 3 is 2.24 bits per heavy atom. The SMILES string of the molecule is NC(=O)c1ccc(C(=O)N2CCCCCC2C(=O)O)cc1. The van der Waals surface area contributed by atoms with Crippen molar-refractivity contribution in [3.05, 3.63) is 35.4 Å². The second-order valence-electron chi connectivity index (χ2n) is 5.14. The summed E-state index contributed by atoms with van der Waals surface area (Å²) in [6, 6.07) is 5.18. The average molecular weight is 290 g/mol. The highest BCUT2D eigenvalue weighted by Gasteiger charge is 2.31. The monoisotopic (exact) mass is 290 g/mol. The molecule has 2 rings (SSSR count). The van der Waals surface area contributed by atoms with Crippen LogP contribution in [0.1, 0.15) is 46.4 Å². The first-order chi connectivity index (χ1) is 10.0. The summed E-state index contributed by atoms with van der Waals surface area (Å²) in [6.07, 6.45) is 3.00. The number of benzene rings is 1. The minimum Gasteiger partial charge on any atom is -0.480 e. The summed E-state index contributed by atoms with van der Waals surface area (Å²) in [6.45, 7) is 0.438. The molecular weight excluding hydrogens is 272 g/mol. The van der Waals surface area contributed by atoms with E-state index >= 15 is 0 Å². The number of carboxylic acids is 1. The molecule has 1 aliphatic heterocycles. The Kier molecular flexibility index (Phi) is 4.57. The van der Waals surface area contributed by atoms with Gasteiger partial charge < -0.3 is 15.7 Å². The topological polar surface area (TPSA) is 101 Å². The van der Waals surface area contributed by atoms with Gasteiger partial charge in [-0.1, -0.05) is 12.8 Å². The third kappa shape index (κ3) is 3.39. The summed E-state index contributed by atoms with van der Waals surface area (Å²) >= 11 is 0. The highest BCUT2D eigenvalue weighted by Crippen LogP contribution is 2.20. The minimum absolute atomic E-state index is 0.317. The van der Waals surface area contributed by atoms with Gasteiger partial charge in [-0.25, -0.2) is 4.79 Å². The van der Waals surface area contributed by atoms with E-state index in [4.69, 9.17) is 5.73 Å². The number of rotatable bonds is 3. The zero-order valence-electron chi connectivity index (χ0n) is 11.6. The van der Waals surface area contributed by atoms with Gasteiger partial charge in [0, 0.05) is 17.7 Å². The molecule has 1 aromatic rings. The third-order valence-electron chi connectivity index (χ3n) is 3.72. The van der Waals surface area contributed by atoms with Gasteiger partial charge in [0.15, 0.2) is 0 Å². The van der Waals surface area contributed by atoms with Crippen molar-refractivity contribution < 1.29 is 19.5 Å². The molecule has 6 heteroatoms. The number of nitrogens with zero attached hydrogens (tertiary/aromatic N) is 1. The zero-order valence-corrected chi connectivity index (χ0v) is 11.6. The number of carbonyl (C=O) groups excluding carboxylic acids is 2. The van der Waals surface area contributed by atoms with E-state index in [2.05, 4.69) is 0 Å². The molecule has 0 aromatic heterocycles. The fourth-order valence-corrected chi connectivity index (χ4v) is 2.55. The molecule has 0 spiro atoms. The summed E-state index contributed by atoms with van der Waals surface area (Å²) in [5, 5.41) is 9.29. The van der Waals surface area contributed by atoms with Crippen molar-refractivity contribution in [3.8, 4) is 0 Å². The molecule has 112 valence electrons. The van der Waals surface area contributed by atoms with Crippen LogP contribution < -0.4 is 5.73 Å². The fraction of sp³-hybridized carbons (Fsp3) is 0.400. The molecule has 3 N–H and O–H groups in total. The third-order valence-corrected chi connectivity index (χ3v) is 3.72. The van der Waals surface area contributed by atoms with Crippen molar-refractivity contribution in [2.45, 2.75) is 31.7 Å². The number of likely N-dealkylation sites (tertiary alicyclic amines) is 1. The lowest BCUT2D eigenvalue weighted by Gasteiger charge is -2.27. The van der Waals surface area contributed by atoms with Crippen LogP contribution >= 0.6 is 0 Å². The maximum atomic E-state index is 12.5. The maximum Gasteiger partial charge on any atom is 0.326 e. The smallest absolute Gasteiger partial charge is 0.326 e. The first-order valence-electron chi connectivity index (χ1n) is 6.94. The number of hydrogen-bond donors (Lipinski definition) is 2. The van der Waals surface area contributed by atoms with Crippen molar-refractivity contribution in [1.29, 1.82) is 0 Å². The number of amides is 2. The van der Waals surface area contributed by atoms with E-state index in [-0.39, 0.29) is 5.91 Å². The Labute approximate surface area is 122 Å². The minimum atomic E-state index is -0.973. The first-order valence-corrected chi connectivity index (χ1v) is 6.94. The van der Waals surface area contributed by atoms with Crippen molar-refractivity contribution in [1.82, 2.24) is 4.90 Å². The Balaban J connectivity index is 2.23. The van der Waals surface area contributed by atoms with E-state index in [1.54, 1.807) is 0 Å². The Morgan fingerprint density at radius 1 is 1.05 bits per heavy atom. The van der Waals surface area contributed by atoms with E-state index in [0.29, 0.717) is 24.1 Å². The molecule has 6 nitrogen and oxygen atoms in total. The molecule has 1 aromatic carbocycles. The molecule has 1 heterocycles. The highest BCUT2D eigenvalue weighted by atomic mass is 16.4. The summed E-state index contributed by atoms with van der Waals surface area (Å²) in [5.74, 6) is -1.86. The number of aliphatic carboxylic acids is 1. The summed E-state index contributed by atoms with van der Waals surface area (Å²) in [7, 11) is 0. The maximum absolute atomic E-state index is 12.5. The number of hydrogen-bond acceptors (Lipinski definition) is 3. The second kappa shape index (κ2) is 6.39. The van der Waals surface area contributed by atoms with Crippen LogP contribution in [-0.4, -0.2) is 40.4 Å². The standard InChI is InChI=1S/C15H18N2O4/c16-13(18)10-5-7-11(8-6-10)14(19)17-9-3-1-2-4-12(17)15(20)21/h5-8,12H,1-4,9H2,(H2,16,18)(H,20,21). The normalized spacial score (nSPS) is 18.9. The molecule has 1 atom stereocenters. The van der Waals surface area contributed by atoms with Gasteiger partial charge in [-0.2, -0.15) is 0 Å². The number of nitrogens with two attached hydrogens (primary N) is 1. The Morgan fingerprint density at radius 2 is 1.67 bits per heavy atom. The lowest BCUT2D eigenvalue weighted by Crippen LogP contribution is -2.44. The average Bonchev–Trinajstić information content (AvgIpc) is 2.72. The van der Waals surface area contributed by atoms with Crippen LogP contribution in [0.3, 0.4) is 0 Å². The number of primary amides is 1. The molecule has 0 bridgehead atoms. The van der Waals surface area contributed by atoms with Gasteiger partial charge in [0.1, 0.15) is 6.04 Å². The number of carbonyl (C=O) groups is 3.